The third kappa shape index (κ3) is 3.71. The van der Waals surface area contributed by atoms with Crippen molar-refractivity contribution in [1.82, 2.24) is 19.2 Å². The number of sulfonamides is 1. The summed E-state index contributed by atoms with van der Waals surface area (Å²) < 4.78 is 37.8. The second-order valence-electron chi connectivity index (χ2n) is 6.00. The Kier molecular flexibility index (Phi) is 5.66. The van der Waals surface area contributed by atoms with Crippen LogP contribution >= 0.6 is 0 Å². The Labute approximate surface area is 162 Å². The molecule has 150 valence electrons. The Hall–Kier alpha value is -2.92. The summed E-state index contributed by atoms with van der Waals surface area (Å²) in [7, 11) is -0.957. The van der Waals surface area contributed by atoms with Gasteiger partial charge < -0.3 is 20.1 Å². The average Bonchev–Trinajstić information content (AvgIpc) is 2.73. The van der Waals surface area contributed by atoms with Gasteiger partial charge in [-0.15, -0.1) is 0 Å². The number of carbonyl (C=O) groups excluding carboxylic acids is 1. The fourth-order valence-corrected chi connectivity index (χ4v) is 4.51. The molecule has 0 atom stereocenters. The molecule has 0 bridgehead atoms. The number of rotatable bonds is 5. The molecule has 3 rings (SSSR count). The van der Waals surface area contributed by atoms with Crippen LogP contribution in [0.15, 0.2) is 35.5 Å². The van der Waals surface area contributed by atoms with Crippen LogP contribution in [0.25, 0.3) is 0 Å². The third-order valence-corrected chi connectivity index (χ3v) is 6.36. The molecule has 1 amide bonds. The van der Waals surface area contributed by atoms with Crippen LogP contribution in [-0.4, -0.2) is 73.9 Å². The van der Waals surface area contributed by atoms with E-state index in [9.17, 15) is 13.2 Å². The SMILES string of the molecule is COc1ccc(OC)c(S(=O)(=O)N2CCN(C(=O)c3nccnc3N)CC2)c1. The Morgan fingerprint density at radius 1 is 1.07 bits per heavy atom. The molecule has 0 radical (unpaired) electrons. The molecular formula is C17H21N5O5S. The van der Waals surface area contributed by atoms with Gasteiger partial charge in [-0.3, -0.25) is 4.79 Å². The number of piperazine rings is 1. The first kappa shape index (κ1) is 19.8. The van der Waals surface area contributed by atoms with E-state index in [1.165, 1.54) is 41.9 Å². The normalized spacial score (nSPS) is 15.3. The van der Waals surface area contributed by atoms with Gasteiger partial charge in [0.2, 0.25) is 10.0 Å². The van der Waals surface area contributed by atoms with Gasteiger partial charge in [0.25, 0.3) is 5.91 Å². The van der Waals surface area contributed by atoms with E-state index in [0.717, 1.165) is 0 Å². The summed E-state index contributed by atoms with van der Waals surface area (Å²) in [4.78, 5) is 21.9. The van der Waals surface area contributed by atoms with E-state index in [4.69, 9.17) is 15.2 Å². The van der Waals surface area contributed by atoms with Crippen LogP contribution in [0.5, 0.6) is 11.5 Å². The molecule has 2 heterocycles. The van der Waals surface area contributed by atoms with Gasteiger partial charge in [-0.25, -0.2) is 18.4 Å². The van der Waals surface area contributed by atoms with Gasteiger partial charge in [0.1, 0.15) is 16.4 Å². The number of methoxy groups -OCH3 is 2. The quantitative estimate of drug-likeness (QED) is 0.746. The lowest BCUT2D eigenvalue weighted by molar-refractivity contribution is 0.0692. The molecule has 0 unspecified atom stereocenters. The minimum absolute atomic E-state index is 0.0206. The van der Waals surface area contributed by atoms with Crippen molar-refractivity contribution >= 4 is 21.7 Å². The van der Waals surface area contributed by atoms with Crippen molar-refractivity contribution in [2.45, 2.75) is 4.90 Å². The topological polar surface area (TPSA) is 128 Å². The second kappa shape index (κ2) is 7.98. The summed E-state index contributed by atoms with van der Waals surface area (Å²) in [5.74, 6) is 0.309. The zero-order valence-electron chi connectivity index (χ0n) is 15.5. The zero-order valence-corrected chi connectivity index (χ0v) is 16.3. The molecule has 2 aromatic rings. The fraction of sp³-hybridized carbons (Fsp3) is 0.353. The molecule has 10 nitrogen and oxygen atoms in total. The maximum atomic E-state index is 13.1. The van der Waals surface area contributed by atoms with Crippen molar-refractivity contribution in [3.8, 4) is 11.5 Å². The van der Waals surface area contributed by atoms with Crippen molar-refractivity contribution in [1.29, 1.82) is 0 Å². The molecule has 0 aliphatic carbocycles. The Bertz CT molecular complexity index is 974. The average molecular weight is 407 g/mol. The Morgan fingerprint density at radius 2 is 1.75 bits per heavy atom. The highest BCUT2D eigenvalue weighted by atomic mass is 32.2. The summed E-state index contributed by atoms with van der Waals surface area (Å²) in [6.45, 7) is 0.684. The van der Waals surface area contributed by atoms with E-state index >= 15 is 0 Å². The van der Waals surface area contributed by atoms with Crippen LogP contribution in [0.3, 0.4) is 0 Å². The lowest BCUT2D eigenvalue weighted by Gasteiger charge is -2.34. The molecule has 0 spiro atoms. The number of anilines is 1. The molecule has 1 saturated heterocycles. The van der Waals surface area contributed by atoms with E-state index in [-0.39, 0.29) is 54.2 Å². The van der Waals surface area contributed by atoms with Gasteiger partial charge in [0, 0.05) is 44.6 Å². The van der Waals surface area contributed by atoms with Gasteiger partial charge in [0.15, 0.2) is 11.5 Å². The van der Waals surface area contributed by atoms with Gasteiger partial charge in [-0.2, -0.15) is 4.31 Å². The lowest BCUT2D eigenvalue weighted by Crippen LogP contribution is -2.50. The predicted octanol–water partition coefficient (Wildman–Crippen LogP) is 0.223. The van der Waals surface area contributed by atoms with Gasteiger partial charge >= 0.3 is 0 Å². The van der Waals surface area contributed by atoms with E-state index in [2.05, 4.69) is 9.97 Å². The smallest absolute Gasteiger partial charge is 0.276 e. The highest BCUT2D eigenvalue weighted by molar-refractivity contribution is 7.89. The number of hydrogen-bond acceptors (Lipinski definition) is 8. The van der Waals surface area contributed by atoms with E-state index in [0.29, 0.717) is 5.75 Å². The van der Waals surface area contributed by atoms with Crippen LogP contribution in [0.2, 0.25) is 0 Å². The maximum Gasteiger partial charge on any atom is 0.276 e. The highest BCUT2D eigenvalue weighted by Gasteiger charge is 2.33. The number of amides is 1. The van der Waals surface area contributed by atoms with E-state index in [1.807, 2.05) is 0 Å². The third-order valence-electron chi connectivity index (χ3n) is 4.44. The highest BCUT2D eigenvalue weighted by Crippen LogP contribution is 2.31. The number of nitrogens with two attached hydrogens (primary N) is 1. The fourth-order valence-electron chi connectivity index (χ4n) is 2.92. The van der Waals surface area contributed by atoms with Gasteiger partial charge in [-0.1, -0.05) is 0 Å². The minimum atomic E-state index is -3.82. The first-order valence-electron chi connectivity index (χ1n) is 8.46. The van der Waals surface area contributed by atoms with E-state index in [1.54, 1.807) is 12.1 Å². The van der Waals surface area contributed by atoms with Crippen LogP contribution in [0.1, 0.15) is 10.5 Å². The van der Waals surface area contributed by atoms with Crippen LogP contribution in [0.4, 0.5) is 5.82 Å². The molecular weight excluding hydrogens is 386 g/mol. The first-order valence-corrected chi connectivity index (χ1v) is 9.90. The molecule has 11 heteroatoms. The zero-order chi connectivity index (χ0) is 20.3. The van der Waals surface area contributed by atoms with Crippen molar-refractivity contribution in [2.75, 3.05) is 46.1 Å². The largest absolute Gasteiger partial charge is 0.497 e. The predicted molar refractivity (Wildman–Crippen MR) is 101 cm³/mol. The Balaban J connectivity index is 1.77. The summed E-state index contributed by atoms with van der Waals surface area (Å²) in [6, 6.07) is 4.59. The van der Waals surface area contributed by atoms with Crippen molar-refractivity contribution in [2.24, 2.45) is 0 Å². The van der Waals surface area contributed by atoms with E-state index < -0.39 is 10.0 Å². The maximum absolute atomic E-state index is 13.1. The van der Waals surface area contributed by atoms with Crippen molar-refractivity contribution < 1.29 is 22.7 Å². The summed E-state index contributed by atoms with van der Waals surface area (Å²) in [5.41, 5.74) is 5.77. The van der Waals surface area contributed by atoms with Crippen molar-refractivity contribution in [3.63, 3.8) is 0 Å². The molecule has 1 aromatic heterocycles. The molecule has 2 N–H and O–H groups in total. The Morgan fingerprint density at radius 3 is 2.36 bits per heavy atom. The number of benzene rings is 1. The molecule has 0 saturated carbocycles. The van der Waals surface area contributed by atoms with Gasteiger partial charge in [-0.05, 0) is 12.1 Å². The summed E-state index contributed by atoms with van der Waals surface area (Å²) in [6.07, 6.45) is 2.79. The number of aromatic nitrogens is 2. The van der Waals surface area contributed by atoms with Crippen molar-refractivity contribution in [3.05, 3.63) is 36.3 Å². The van der Waals surface area contributed by atoms with Gasteiger partial charge in [0.05, 0.1) is 14.2 Å². The van der Waals surface area contributed by atoms with Crippen LogP contribution < -0.4 is 15.2 Å². The molecule has 28 heavy (non-hydrogen) atoms. The summed E-state index contributed by atoms with van der Waals surface area (Å²) >= 11 is 0. The summed E-state index contributed by atoms with van der Waals surface area (Å²) in [5, 5.41) is 0. The molecule has 1 aliphatic heterocycles. The standard InChI is InChI=1S/C17H21N5O5S/c1-26-12-3-4-13(27-2)14(11-12)28(24,25)22-9-7-21(8-10-22)17(23)15-16(18)20-6-5-19-15/h3-6,11H,7-10H2,1-2H3,(H2,18,20). The molecule has 1 fully saturated rings. The molecule has 1 aliphatic rings. The lowest BCUT2D eigenvalue weighted by atomic mass is 10.3. The second-order valence-corrected chi connectivity index (χ2v) is 7.91. The number of hydrogen-bond donors (Lipinski definition) is 1. The molecule has 1 aromatic carbocycles. The number of nitrogen functional groups attached to an aromatic ring is 1. The first-order chi connectivity index (χ1) is 13.4. The minimum Gasteiger partial charge on any atom is -0.497 e. The van der Waals surface area contributed by atoms with Crippen LogP contribution in [0, 0.1) is 0 Å². The monoisotopic (exact) mass is 407 g/mol. The number of carbonyl (C=O) groups is 1. The van der Waals surface area contributed by atoms with Crippen LogP contribution in [-0.2, 0) is 10.0 Å². The number of nitrogens with zero attached hydrogens (tertiary/aromatic N) is 4. The number of ether oxygens (including phenoxy) is 2.